The Kier molecular flexibility index (Phi) is 5.63. The molecule has 0 atom stereocenters. The van der Waals surface area contributed by atoms with Crippen molar-refractivity contribution in [2.45, 2.75) is 19.8 Å². The number of para-hydroxylation sites is 1. The van der Waals surface area contributed by atoms with E-state index in [0.29, 0.717) is 27.3 Å². The molecule has 0 saturated heterocycles. The number of rotatable bonds is 4. The first-order valence-electron chi connectivity index (χ1n) is 6.44. The van der Waals surface area contributed by atoms with Crippen molar-refractivity contribution in [1.82, 2.24) is 0 Å². The Morgan fingerprint density at radius 3 is 2.14 bits per heavy atom. The number of halogens is 3. The van der Waals surface area contributed by atoms with Gasteiger partial charge in [-0.15, -0.1) is 0 Å². The monoisotopic (exact) mass is 436 g/mol. The lowest BCUT2D eigenvalue weighted by molar-refractivity contribution is 0.402. The molecule has 0 radical (unpaired) electrons. The van der Waals surface area contributed by atoms with Gasteiger partial charge in [-0.3, -0.25) is 0 Å². The topological polar surface area (TPSA) is 18.5 Å². The largest absolute Gasteiger partial charge is 0.495 e. The van der Waals surface area contributed by atoms with Crippen LogP contribution in [0.15, 0.2) is 30.3 Å². The summed E-state index contributed by atoms with van der Waals surface area (Å²) >= 11 is 15.1. The molecule has 2 nitrogen and oxygen atoms in total. The highest BCUT2D eigenvalue weighted by Gasteiger charge is 2.24. The normalized spacial score (nSPS) is 10.8. The molecule has 0 saturated carbocycles. The molecule has 2 rings (SSSR count). The summed E-state index contributed by atoms with van der Waals surface area (Å²) in [5.41, 5.74) is 0.902. The second kappa shape index (κ2) is 7.07. The van der Waals surface area contributed by atoms with E-state index in [4.69, 9.17) is 32.7 Å². The maximum Gasteiger partial charge on any atom is 0.166 e. The molecule has 0 unspecified atom stereocenters. The predicted molar refractivity (Wildman–Crippen MR) is 96.3 cm³/mol. The highest BCUT2D eigenvalue weighted by atomic mass is 127. The lowest BCUT2D eigenvalue weighted by atomic mass is 10.0. The second-order valence-corrected chi connectivity index (χ2v) is 6.62. The Hall–Kier alpha value is -0.650. The fraction of sp³-hybridized carbons (Fsp3) is 0.250. The zero-order valence-corrected chi connectivity index (χ0v) is 15.6. The van der Waals surface area contributed by atoms with Crippen LogP contribution in [0.2, 0.25) is 10.0 Å². The van der Waals surface area contributed by atoms with Crippen molar-refractivity contribution < 1.29 is 9.47 Å². The summed E-state index contributed by atoms with van der Waals surface area (Å²) in [4.78, 5) is 0. The summed E-state index contributed by atoms with van der Waals surface area (Å²) in [5, 5.41) is 0.960. The van der Waals surface area contributed by atoms with Crippen LogP contribution in [0.1, 0.15) is 25.3 Å². The molecule has 0 aliphatic rings. The van der Waals surface area contributed by atoms with Crippen LogP contribution in [0, 0.1) is 3.57 Å². The zero-order chi connectivity index (χ0) is 15.6. The maximum atomic E-state index is 6.52. The standard InChI is InChI=1S/C16H15Cl2IO2/c1-9(2)11-12(17)16(13(18)14(19)15(11)20-3)21-10-7-5-4-6-8-10/h4-9H,1-3H3. The van der Waals surface area contributed by atoms with Crippen LogP contribution < -0.4 is 9.47 Å². The van der Waals surface area contributed by atoms with Crippen molar-refractivity contribution in [3.05, 3.63) is 49.5 Å². The Morgan fingerprint density at radius 2 is 1.62 bits per heavy atom. The Morgan fingerprint density at radius 1 is 1.00 bits per heavy atom. The molecule has 0 fully saturated rings. The molecular weight excluding hydrogens is 422 g/mol. The van der Waals surface area contributed by atoms with E-state index in [1.807, 2.05) is 30.3 Å². The third-order valence-electron chi connectivity index (χ3n) is 3.02. The van der Waals surface area contributed by atoms with Crippen LogP contribution in [0.3, 0.4) is 0 Å². The van der Waals surface area contributed by atoms with Crippen molar-refractivity contribution in [2.24, 2.45) is 0 Å². The molecule has 0 amide bonds. The van der Waals surface area contributed by atoms with E-state index in [0.717, 1.165) is 9.13 Å². The summed E-state index contributed by atoms with van der Waals surface area (Å²) in [6.07, 6.45) is 0. The average Bonchev–Trinajstić information content (AvgIpc) is 2.47. The number of hydrogen-bond donors (Lipinski definition) is 0. The smallest absolute Gasteiger partial charge is 0.166 e. The minimum absolute atomic E-state index is 0.191. The second-order valence-electron chi connectivity index (χ2n) is 4.79. The molecular formula is C16H15Cl2IO2. The summed E-state index contributed by atoms with van der Waals surface area (Å²) in [7, 11) is 1.62. The van der Waals surface area contributed by atoms with E-state index in [1.54, 1.807) is 7.11 Å². The molecule has 5 heteroatoms. The van der Waals surface area contributed by atoms with Crippen molar-refractivity contribution in [1.29, 1.82) is 0 Å². The van der Waals surface area contributed by atoms with E-state index >= 15 is 0 Å². The first kappa shape index (κ1) is 16.7. The summed E-state index contributed by atoms with van der Waals surface area (Å²) in [5.74, 6) is 2.06. The molecule has 0 aromatic heterocycles. The number of hydrogen-bond acceptors (Lipinski definition) is 2. The van der Waals surface area contributed by atoms with E-state index < -0.39 is 0 Å². The van der Waals surface area contributed by atoms with E-state index in [9.17, 15) is 0 Å². The Bertz CT molecular complexity index is 643. The predicted octanol–water partition coefficient (Wildman–Crippen LogP) is 6.52. The van der Waals surface area contributed by atoms with E-state index in [-0.39, 0.29) is 5.92 Å². The SMILES string of the molecule is COc1c(I)c(Cl)c(Oc2ccccc2)c(Cl)c1C(C)C. The van der Waals surface area contributed by atoms with Gasteiger partial charge in [0.1, 0.15) is 16.5 Å². The molecule has 0 heterocycles. The Balaban J connectivity index is 2.61. The molecule has 21 heavy (non-hydrogen) atoms. The quantitative estimate of drug-likeness (QED) is 0.401. The van der Waals surface area contributed by atoms with Gasteiger partial charge in [-0.1, -0.05) is 55.2 Å². The molecule has 2 aromatic carbocycles. The zero-order valence-electron chi connectivity index (χ0n) is 11.9. The van der Waals surface area contributed by atoms with Gasteiger partial charge in [-0.25, -0.2) is 0 Å². The van der Waals surface area contributed by atoms with Crippen LogP contribution in [-0.2, 0) is 0 Å². The molecule has 0 bridgehead atoms. The first-order valence-corrected chi connectivity index (χ1v) is 8.28. The molecule has 2 aromatic rings. The highest BCUT2D eigenvalue weighted by Crippen LogP contribution is 2.49. The van der Waals surface area contributed by atoms with Gasteiger partial charge in [0.15, 0.2) is 5.75 Å². The molecule has 0 N–H and O–H groups in total. The molecule has 0 aliphatic heterocycles. The lowest BCUT2D eigenvalue weighted by Crippen LogP contribution is -2.01. The van der Waals surface area contributed by atoms with Gasteiger partial charge >= 0.3 is 0 Å². The van der Waals surface area contributed by atoms with Crippen molar-refractivity contribution in [2.75, 3.05) is 7.11 Å². The number of benzene rings is 2. The maximum absolute atomic E-state index is 6.52. The highest BCUT2D eigenvalue weighted by molar-refractivity contribution is 14.1. The summed E-state index contributed by atoms with van der Waals surface area (Å²) < 4.78 is 12.2. The van der Waals surface area contributed by atoms with Crippen LogP contribution in [0.4, 0.5) is 0 Å². The van der Waals surface area contributed by atoms with E-state index in [2.05, 4.69) is 36.4 Å². The summed E-state index contributed by atoms with van der Waals surface area (Å²) in [6.45, 7) is 4.11. The summed E-state index contributed by atoms with van der Waals surface area (Å²) in [6, 6.07) is 9.44. The molecule has 112 valence electrons. The molecule has 0 spiro atoms. The fourth-order valence-electron chi connectivity index (χ4n) is 2.05. The fourth-order valence-corrected chi connectivity index (χ4v) is 3.51. The van der Waals surface area contributed by atoms with Crippen LogP contribution in [-0.4, -0.2) is 7.11 Å². The average molecular weight is 437 g/mol. The third kappa shape index (κ3) is 3.41. The first-order chi connectivity index (χ1) is 9.97. The van der Waals surface area contributed by atoms with Crippen molar-refractivity contribution >= 4 is 45.8 Å². The Labute approximate surface area is 148 Å². The molecule has 0 aliphatic carbocycles. The van der Waals surface area contributed by atoms with Gasteiger partial charge in [-0.2, -0.15) is 0 Å². The van der Waals surface area contributed by atoms with Gasteiger partial charge in [0.25, 0.3) is 0 Å². The van der Waals surface area contributed by atoms with Crippen molar-refractivity contribution in [3.8, 4) is 17.2 Å². The third-order valence-corrected chi connectivity index (χ3v) is 5.10. The van der Waals surface area contributed by atoms with Gasteiger partial charge in [0.05, 0.1) is 15.7 Å². The number of methoxy groups -OCH3 is 1. The van der Waals surface area contributed by atoms with Crippen molar-refractivity contribution in [3.63, 3.8) is 0 Å². The van der Waals surface area contributed by atoms with Gasteiger partial charge in [0, 0.05) is 5.56 Å². The van der Waals surface area contributed by atoms with Crippen LogP contribution in [0.5, 0.6) is 17.2 Å². The van der Waals surface area contributed by atoms with Gasteiger partial charge in [-0.05, 0) is 40.6 Å². The van der Waals surface area contributed by atoms with E-state index in [1.165, 1.54) is 0 Å². The minimum Gasteiger partial charge on any atom is -0.495 e. The number of ether oxygens (including phenoxy) is 2. The van der Waals surface area contributed by atoms with Gasteiger partial charge in [0.2, 0.25) is 0 Å². The lowest BCUT2D eigenvalue weighted by Gasteiger charge is -2.20. The van der Waals surface area contributed by atoms with Crippen LogP contribution >= 0.6 is 45.8 Å². The van der Waals surface area contributed by atoms with Crippen LogP contribution in [0.25, 0.3) is 0 Å². The minimum atomic E-state index is 0.191. The van der Waals surface area contributed by atoms with Gasteiger partial charge < -0.3 is 9.47 Å².